The Bertz CT molecular complexity index is 593. The summed E-state index contributed by atoms with van der Waals surface area (Å²) in [4.78, 5) is 23.3. The fraction of sp³-hybridized carbons (Fsp3) is 0.556. The zero-order valence-electron chi connectivity index (χ0n) is 14.3. The molecule has 0 aliphatic carbocycles. The lowest BCUT2D eigenvalue weighted by Crippen LogP contribution is -2.53. The molecule has 6 heteroatoms. The highest BCUT2D eigenvalue weighted by atomic mass is 16.5. The zero-order valence-corrected chi connectivity index (χ0v) is 14.3. The van der Waals surface area contributed by atoms with Gasteiger partial charge in [0.05, 0.1) is 25.0 Å². The van der Waals surface area contributed by atoms with Crippen LogP contribution in [0.1, 0.15) is 36.8 Å². The molecule has 0 spiro atoms. The maximum absolute atomic E-state index is 12.2. The number of amides is 1. The maximum Gasteiger partial charge on any atom is 0.305 e. The minimum absolute atomic E-state index is 0.0833. The van der Waals surface area contributed by atoms with Crippen LogP contribution in [0.4, 0.5) is 0 Å². The van der Waals surface area contributed by atoms with Crippen molar-refractivity contribution >= 4 is 11.9 Å². The number of aliphatic carboxylic acids is 1. The Hall–Kier alpha value is -2.08. The number of carboxylic acid groups (broad SMARTS) is 1. The van der Waals surface area contributed by atoms with Crippen LogP contribution >= 0.6 is 0 Å². The molecule has 24 heavy (non-hydrogen) atoms. The summed E-state index contributed by atoms with van der Waals surface area (Å²) >= 11 is 0. The van der Waals surface area contributed by atoms with Crippen molar-refractivity contribution in [3.63, 3.8) is 0 Å². The van der Waals surface area contributed by atoms with Crippen LogP contribution < -0.4 is 10.1 Å². The minimum Gasteiger partial charge on any atom is -0.493 e. The second-order valence-electron chi connectivity index (χ2n) is 6.38. The van der Waals surface area contributed by atoms with Crippen molar-refractivity contribution in [1.82, 2.24) is 5.32 Å². The van der Waals surface area contributed by atoms with Crippen molar-refractivity contribution in [3.8, 4) is 5.75 Å². The first kappa shape index (κ1) is 18.3. The van der Waals surface area contributed by atoms with E-state index in [2.05, 4.69) is 5.32 Å². The van der Waals surface area contributed by atoms with Crippen molar-refractivity contribution < 1.29 is 24.2 Å². The minimum atomic E-state index is -0.913. The summed E-state index contributed by atoms with van der Waals surface area (Å²) in [7, 11) is 0. The van der Waals surface area contributed by atoms with Gasteiger partial charge in [0.1, 0.15) is 5.75 Å². The Labute approximate surface area is 142 Å². The molecule has 0 aromatic heterocycles. The van der Waals surface area contributed by atoms with E-state index in [1.54, 1.807) is 0 Å². The quantitative estimate of drug-likeness (QED) is 0.798. The van der Waals surface area contributed by atoms with Crippen molar-refractivity contribution in [2.45, 2.75) is 45.1 Å². The lowest BCUT2D eigenvalue weighted by molar-refractivity contribution is -0.140. The fourth-order valence-electron chi connectivity index (χ4n) is 2.97. The SMILES string of the molecule is Cc1ccc(OCCC(=O)NC2(CC(=O)O)CCOCC2)c(C)c1. The van der Waals surface area contributed by atoms with E-state index in [9.17, 15) is 9.59 Å². The van der Waals surface area contributed by atoms with Crippen LogP contribution in [0, 0.1) is 13.8 Å². The Kier molecular flexibility index (Phi) is 6.20. The first-order valence-corrected chi connectivity index (χ1v) is 8.21. The summed E-state index contributed by atoms with van der Waals surface area (Å²) in [6.07, 6.45) is 1.14. The predicted octanol–water partition coefficient (Wildman–Crippen LogP) is 2.21. The molecule has 0 atom stereocenters. The standard InChI is InChI=1S/C18H25NO5/c1-13-3-4-15(14(2)11-13)24-8-5-16(20)19-18(12-17(21)22)6-9-23-10-7-18/h3-4,11H,5-10,12H2,1-2H3,(H,19,20)(H,21,22). The van der Waals surface area contributed by atoms with E-state index in [1.165, 1.54) is 0 Å². The molecule has 1 aromatic carbocycles. The smallest absolute Gasteiger partial charge is 0.305 e. The molecule has 2 rings (SSSR count). The molecule has 0 saturated carbocycles. The molecule has 0 bridgehead atoms. The van der Waals surface area contributed by atoms with Crippen molar-refractivity contribution in [2.24, 2.45) is 0 Å². The Morgan fingerprint density at radius 2 is 2.00 bits per heavy atom. The van der Waals surface area contributed by atoms with E-state index < -0.39 is 11.5 Å². The van der Waals surface area contributed by atoms with Crippen LogP contribution in [0.25, 0.3) is 0 Å². The molecule has 1 heterocycles. The highest BCUT2D eigenvalue weighted by Gasteiger charge is 2.36. The molecule has 1 amide bonds. The monoisotopic (exact) mass is 335 g/mol. The average Bonchev–Trinajstić information content (AvgIpc) is 2.49. The lowest BCUT2D eigenvalue weighted by Gasteiger charge is -2.36. The number of carboxylic acids is 1. The van der Waals surface area contributed by atoms with Gasteiger partial charge in [-0.05, 0) is 38.3 Å². The molecule has 0 unspecified atom stereocenters. The van der Waals surface area contributed by atoms with Gasteiger partial charge < -0.3 is 19.9 Å². The molecular weight excluding hydrogens is 310 g/mol. The Balaban J connectivity index is 1.85. The number of aryl methyl sites for hydroxylation is 2. The normalized spacial score (nSPS) is 16.4. The predicted molar refractivity (Wildman–Crippen MR) is 89.2 cm³/mol. The van der Waals surface area contributed by atoms with Crippen molar-refractivity contribution in [2.75, 3.05) is 19.8 Å². The molecule has 1 aliphatic heterocycles. The number of rotatable bonds is 7. The van der Waals surface area contributed by atoms with Gasteiger partial charge >= 0.3 is 5.97 Å². The molecule has 0 radical (unpaired) electrons. The zero-order chi connectivity index (χ0) is 17.6. The summed E-state index contributed by atoms with van der Waals surface area (Å²) in [5.41, 5.74) is 1.48. The number of ether oxygens (including phenoxy) is 2. The number of hydrogen-bond acceptors (Lipinski definition) is 4. The fourth-order valence-corrected chi connectivity index (χ4v) is 2.97. The van der Waals surface area contributed by atoms with Crippen LogP contribution in [0.3, 0.4) is 0 Å². The van der Waals surface area contributed by atoms with Crippen LogP contribution in [0.15, 0.2) is 18.2 Å². The third kappa shape index (κ3) is 5.23. The Morgan fingerprint density at radius 1 is 1.29 bits per heavy atom. The Morgan fingerprint density at radius 3 is 2.62 bits per heavy atom. The average molecular weight is 335 g/mol. The van der Waals surface area contributed by atoms with Gasteiger partial charge in [0.25, 0.3) is 0 Å². The van der Waals surface area contributed by atoms with Gasteiger partial charge in [-0.2, -0.15) is 0 Å². The van der Waals surface area contributed by atoms with E-state index >= 15 is 0 Å². The number of hydrogen-bond donors (Lipinski definition) is 2. The van der Waals surface area contributed by atoms with Crippen LogP contribution in [0.2, 0.25) is 0 Å². The first-order chi connectivity index (χ1) is 11.4. The van der Waals surface area contributed by atoms with Crippen LogP contribution in [0.5, 0.6) is 5.75 Å². The van der Waals surface area contributed by atoms with Gasteiger partial charge in [0.2, 0.25) is 5.91 Å². The van der Waals surface area contributed by atoms with Crippen LogP contribution in [-0.2, 0) is 14.3 Å². The number of nitrogens with one attached hydrogen (secondary N) is 1. The molecule has 1 saturated heterocycles. The van der Waals surface area contributed by atoms with Gasteiger partial charge in [0, 0.05) is 13.2 Å². The summed E-state index contributed by atoms with van der Waals surface area (Å²) < 4.78 is 10.9. The van der Waals surface area contributed by atoms with E-state index in [0.29, 0.717) is 26.1 Å². The third-order valence-electron chi connectivity index (χ3n) is 4.26. The summed E-state index contributed by atoms with van der Waals surface area (Å²) in [6.45, 7) is 5.17. The van der Waals surface area contributed by atoms with Gasteiger partial charge in [-0.3, -0.25) is 9.59 Å². The van der Waals surface area contributed by atoms with Gasteiger partial charge in [-0.1, -0.05) is 17.7 Å². The van der Waals surface area contributed by atoms with Crippen molar-refractivity contribution in [3.05, 3.63) is 29.3 Å². The summed E-state index contributed by atoms with van der Waals surface area (Å²) in [5.74, 6) is -0.341. The second kappa shape index (κ2) is 8.15. The number of benzene rings is 1. The summed E-state index contributed by atoms with van der Waals surface area (Å²) in [5, 5.41) is 12.0. The number of carbonyl (C=O) groups excluding carboxylic acids is 1. The van der Waals surface area contributed by atoms with E-state index in [-0.39, 0.29) is 25.4 Å². The molecule has 1 aliphatic rings. The topological polar surface area (TPSA) is 84.9 Å². The van der Waals surface area contributed by atoms with E-state index in [4.69, 9.17) is 14.6 Å². The number of carbonyl (C=O) groups is 2. The van der Waals surface area contributed by atoms with E-state index in [1.807, 2.05) is 32.0 Å². The van der Waals surface area contributed by atoms with Gasteiger partial charge in [-0.15, -0.1) is 0 Å². The molecule has 132 valence electrons. The van der Waals surface area contributed by atoms with Gasteiger partial charge in [0.15, 0.2) is 0 Å². The first-order valence-electron chi connectivity index (χ1n) is 8.21. The molecular formula is C18H25NO5. The molecule has 2 N–H and O–H groups in total. The third-order valence-corrected chi connectivity index (χ3v) is 4.26. The second-order valence-corrected chi connectivity index (χ2v) is 6.38. The highest BCUT2D eigenvalue weighted by Crippen LogP contribution is 2.25. The van der Waals surface area contributed by atoms with Crippen LogP contribution in [-0.4, -0.2) is 42.3 Å². The molecule has 6 nitrogen and oxygen atoms in total. The van der Waals surface area contributed by atoms with Crippen molar-refractivity contribution in [1.29, 1.82) is 0 Å². The van der Waals surface area contributed by atoms with E-state index in [0.717, 1.165) is 16.9 Å². The highest BCUT2D eigenvalue weighted by molar-refractivity contribution is 5.78. The largest absolute Gasteiger partial charge is 0.493 e. The maximum atomic E-state index is 12.2. The molecule has 1 aromatic rings. The summed E-state index contributed by atoms with van der Waals surface area (Å²) in [6, 6.07) is 5.89. The van der Waals surface area contributed by atoms with Gasteiger partial charge in [-0.25, -0.2) is 0 Å². The molecule has 1 fully saturated rings. The lowest BCUT2D eigenvalue weighted by atomic mass is 9.86.